The summed E-state index contributed by atoms with van der Waals surface area (Å²) in [5.74, 6) is 0. The minimum Gasteiger partial charge on any atom is -0.264 e. The van der Waals surface area contributed by atoms with Crippen LogP contribution in [0.2, 0.25) is 0 Å². The topological polar surface area (TPSA) is 25.8 Å². The quantitative estimate of drug-likeness (QED) is 0.163. The van der Waals surface area contributed by atoms with Gasteiger partial charge in [0.25, 0.3) is 0 Å². The molecule has 2 nitrogen and oxygen atoms in total. The van der Waals surface area contributed by atoms with Crippen molar-refractivity contribution in [2.45, 2.75) is 0 Å². The predicted octanol–water partition coefficient (Wildman–Crippen LogP) is 15.7. The van der Waals surface area contributed by atoms with Crippen LogP contribution in [0.5, 0.6) is 0 Å². The molecule has 60 heavy (non-hydrogen) atoms. The molecule has 0 radical (unpaired) electrons. The largest absolute Gasteiger partial charge is 0.264 e. The summed E-state index contributed by atoms with van der Waals surface area (Å²) in [4.78, 5) is 9.33. The van der Waals surface area contributed by atoms with Gasteiger partial charge in [-0.05, 0) is 122 Å². The standard InChI is InChI=1S/C58H36N2/c1-3-15-43-39(11-1)13-9-21-45(43)57-49-19-7-5-17-47(49)55(53-35-59-33-31-51(53)57)41-27-23-37(24-28-41)38-25-29-42(30-26-38)56-48-18-6-8-20-50(48)58(52-32-34-60-36-54(52)56)46-22-10-14-40-12-2-4-16-44(40)46/h1-36H. The van der Waals surface area contributed by atoms with Crippen LogP contribution in [0.3, 0.4) is 0 Å². The first kappa shape index (κ1) is 34.1. The van der Waals surface area contributed by atoms with Gasteiger partial charge in [0.15, 0.2) is 0 Å². The maximum atomic E-state index is 4.67. The van der Waals surface area contributed by atoms with E-state index >= 15 is 0 Å². The average Bonchev–Trinajstić information content (AvgIpc) is 3.32. The van der Waals surface area contributed by atoms with Crippen molar-refractivity contribution in [3.8, 4) is 55.6 Å². The number of hydrogen-bond acceptors (Lipinski definition) is 2. The number of aromatic nitrogens is 2. The van der Waals surface area contributed by atoms with Crippen LogP contribution in [0.15, 0.2) is 219 Å². The van der Waals surface area contributed by atoms with Crippen molar-refractivity contribution >= 4 is 64.6 Å². The van der Waals surface area contributed by atoms with E-state index in [-0.39, 0.29) is 0 Å². The third-order valence-corrected chi connectivity index (χ3v) is 12.4. The molecule has 0 saturated carbocycles. The molecule has 0 aliphatic carbocycles. The van der Waals surface area contributed by atoms with Gasteiger partial charge in [0.1, 0.15) is 0 Å². The molecule has 0 amide bonds. The molecule has 10 aromatic carbocycles. The zero-order valence-electron chi connectivity index (χ0n) is 32.7. The fraction of sp³-hybridized carbons (Fsp3) is 0. The van der Waals surface area contributed by atoms with Gasteiger partial charge in [-0.2, -0.15) is 0 Å². The van der Waals surface area contributed by atoms with Crippen LogP contribution in [-0.2, 0) is 0 Å². The number of rotatable bonds is 5. The minimum absolute atomic E-state index is 1.15. The summed E-state index contributed by atoms with van der Waals surface area (Å²) < 4.78 is 0. The van der Waals surface area contributed by atoms with Crippen LogP contribution in [0.1, 0.15) is 0 Å². The molecule has 0 unspecified atom stereocenters. The maximum absolute atomic E-state index is 4.67. The van der Waals surface area contributed by atoms with Gasteiger partial charge in [-0.1, -0.05) is 182 Å². The Morgan fingerprint density at radius 3 is 0.950 bits per heavy atom. The minimum atomic E-state index is 1.15. The Balaban J connectivity index is 0.964. The lowest BCUT2D eigenvalue weighted by molar-refractivity contribution is 1.37. The van der Waals surface area contributed by atoms with Gasteiger partial charge in [0.05, 0.1) is 0 Å². The molecule has 0 N–H and O–H groups in total. The molecule has 2 heterocycles. The molecule has 0 bridgehead atoms. The van der Waals surface area contributed by atoms with E-state index in [2.05, 4.69) is 204 Å². The lowest BCUT2D eigenvalue weighted by Crippen LogP contribution is -1.92. The van der Waals surface area contributed by atoms with Crippen LogP contribution in [0, 0.1) is 0 Å². The number of fused-ring (bicyclic) bond motifs is 6. The number of pyridine rings is 2. The number of hydrogen-bond donors (Lipinski definition) is 0. The summed E-state index contributed by atoms with van der Waals surface area (Å²) in [6.45, 7) is 0. The Bertz CT molecular complexity index is 3270. The molecule has 0 aliphatic heterocycles. The molecule has 278 valence electrons. The molecule has 2 aromatic heterocycles. The Labute approximate surface area is 347 Å². The first-order chi connectivity index (χ1) is 29.8. The summed E-state index contributed by atoms with van der Waals surface area (Å²) in [6, 6.07) is 70.7. The molecule has 0 atom stereocenters. The van der Waals surface area contributed by atoms with E-state index in [1.807, 2.05) is 24.8 Å². The van der Waals surface area contributed by atoms with E-state index in [1.165, 1.54) is 109 Å². The van der Waals surface area contributed by atoms with Crippen molar-refractivity contribution in [3.05, 3.63) is 219 Å². The smallest absolute Gasteiger partial charge is 0.0353 e. The lowest BCUT2D eigenvalue weighted by atomic mass is 9.85. The molecule has 12 aromatic rings. The highest BCUT2D eigenvalue weighted by Gasteiger charge is 2.20. The molecule has 0 spiro atoms. The van der Waals surface area contributed by atoms with Crippen molar-refractivity contribution in [1.82, 2.24) is 9.97 Å². The fourth-order valence-electron chi connectivity index (χ4n) is 9.79. The first-order valence-corrected chi connectivity index (χ1v) is 20.5. The van der Waals surface area contributed by atoms with Gasteiger partial charge in [0, 0.05) is 35.6 Å². The highest BCUT2D eigenvalue weighted by molar-refractivity contribution is 6.25. The van der Waals surface area contributed by atoms with Crippen LogP contribution < -0.4 is 0 Å². The highest BCUT2D eigenvalue weighted by Crippen LogP contribution is 2.47. The van der Waals surface area contributed by atoms with Gasteiger partial charge in [-0.25, -0.2) is 0 Å². The zero-order chi connectivity index (χ0) is 39.6. The SMILES string of the molecule is c1ccc2c(-c3c4ccccc4c(-c4ccc(-c5ccc(-c6c7ccccc7c(-c7cccc8ccccc78)c7ccncc67)cc5)cc4)c4cnccc34)cccc2c1. The molecular formula is C58H36N2. The van der Waals surface area contributed by atoms with Gasteiger partial charge >= 0.3 is 0 Å². The molecular weight excluding hydrogens is 725 g/mol. The summed E-state index contributed by atoms with van der Waals surface area (Å²) in [6.07, 6.45) is 7.92. The molecule has 0 fully saturated rings. The van der Waals surface area contributed by atoms with E-state index in [0.29, 0.717) is 0 Å². The monoisotopic (exact) mass is 760 g/mol. The zero-order valence-corrected chi connectivity index (χ0v) is 32.7. The molecule has 0 aliphatic rings. The third kappa shape index (κ3) is 5.35. The average molecular weight is 761 g/mol. The van der Waals surface area contributed by atoms with Gasteiger partial charge < -0.3 is 0 Å². The van der Waals surface area contributed by atoms with Crippen LogP contribution >= 0.6 is 0 Å². The van der Waals surface area contributed by atoms with Gasteiger partial charge in [-0.15, -0.1) is 0 Å². The van der Waals surface area contributed by atoms with E-state index in [1.54, 1.807) is 0 Å². The van der Waals surface area contributed by atoms with Crippen LogP contribution in [0.4, 0.5) is 0 Å². The summed E-state index contributed by atoms with van der Waals surface area (Å²) >= 11 is 0. The van der Waals surface area contributed by atoms with Crippen LogP contribution in [-0.4, -0.2) is 9.97 Å². The highest BCUT2D eigenvalue weighted by atomic mass is 14.6. The summed E-state index contributed by atoms with van der Waals surface area (Å²) in [7, 11) is 0. The second kappa shape index (κ2) is 13.9. The Morgan fingerprint density at radius 2 is 0.533 bits per heavy atom. The normalized spacial score (nSPS) is 11.7. The Kier molecular flexibility index (Phi) is 7.89. The van der Waals surface area contributed by atoms with E-state index in [4.69, 9.17) is 0 Å². The molecule has 2 heteroatoms. The molecule has 0 saturated heterocycles. The van der Waals surface area contributed by atoms with E-state index < -0.39 is 0 Å². The maximum Gasteiger partial charge on any atom is 0.0353 e. The number of benzene rings is 10. The summed E-state index contributed by atoms with van der Waals surface area (Å²) in [5, 5.41) is 14.6. The van der Waals surface area contributed by atoms with Crippen molar-refractivity contribution < 1.29 is 0 Å². The number of nitrogens with zero attached hydrogens (tertiary/aromatic N) is 2. The van der Waals surface area contributed by atoms with Crippen molar-refractivity contribution in [1.29, 1.82) is 0 Å². The van der Waals surface area contributed by atoms with Crippen LogP contribution in [0.25, 0.3) is 120 Å². The van der Waals surface area contributed by atoms with E-state index in [9.17, 15) is 0 Å². The van der Waals surface area contributed by atoms with Gasteiger partial charge in [0.2, 0.25) is 0 Å². The van der Waals surface area contributed by atoms with E-state index in [0.717, 1.165) is 10.8 Å². The second-order valence-corrected chi connectivity index (χ2v) is 15.6. The van der Waals surface area contributed by atoms with Gasteiger partial charge in [-0.3, -0.25) is 9.97 Å². The van der Waals surface area contributed by atoms with Crippen molar-refractivity contribution in [2.75, 3.05) is 0 Å². The molecule has 12 rings (SSSR count). The van der Waals surface area contributed by atoms with Crippen molar-refractivity contribution in [3.63, 3.8) is 0 Å². The third-order valence-electron chi connectivity index (χ3n) is 12.4. The Morgan fingerprint density at radius 1 is 0.217 bits per heavy atom. The predicted molar refractivity (Wildman–Crippen MR) is 254 cm³/mol. The van der Waals surface area contributed by atoms with Crippen molar-refractivity contribution in [2.24, 2.45) is 0 Å². The summed E-state index contributed by atoms with van der Waals surface area (Å²) in [5.41, 5.74) is 12.1. The Hall–Kier alpha value is -7.94. The second-order valence-electron chi connectivity index (χ2n) is 15.6. The first-order valence-electron chi connectivity index (χ1n) is 20.5. The fourth-order valence-corrected chi connectivity index (χ4v) is 9.79. The lowest BCUT2D eigenvalue weighted by Gasteiger charge is -2.19.